The van der Waals surface area contributed by atoms with Gasteiger partial charge < -0.3 is 16.3 Å². The van der Waals surface area contributed by atoms with E-state index in [0.717, 1.165) is 11.1 Å². The SMILES string of the molecule is C[C@H](NCc1cccnc1/C(N)=N/O)c1cccnc1. The lowest BCUT2D eigenvalue weighted by Gasteiger charge is -2.15. The summed E-state index contributed by atoms with van der Waals surface area (Å²) < 4.78 is 0. The topological polar surface area (TPSA) is 96.4 Å². The summed E-state index contributed by atoms with van der Waals surface area (Å²) in [5, 5.41) is 15.1. The van der Waals surface area contributed by atoms with Crippen LogP contribution in [0.2, 0.25) is 0 Å². The molecule has 20 heavy (non-hydrogen) atoms. The van der Waals surface area contributed by atoms with Gasteiger partial charge >= 0.3 is 0 Å². The van der Waals surface area contributed by atoms with Crippen molar-refractivity contribution < 1.29 is 5.21 Å². The van der Waals surface area contributed by atoms with Gasteiger partial charge in [0.1, 0.15) is 5.69 Å². The van der Waals surface area contributed by atoms with Crippen LogP contribution in [-0.2, 0) is 6.54 Å². The van der Waals surface area contributed by atoms with Gasteiger partial charge in [-0.2, -0.15) is 0 Å². The lowest BCUT2D eigenvalue weighted by atomic mass is 10.1. The molecule has 0 radical (unpaired) electrons. The van der Waals surface area contributed by atoms with E-state index >= 15 is 0 Å². The normalized spacial score (nSPS) is 13.2. The maximum absolute atomic E-state index is 8.76. The first-order chi connectivity index (χ1) is 9.72. The summed E-state index contributed by atoms with van der Waals surface area (Å²) in [6, 6.07) is 7.77. The maximum Gasteiger partial charge on any atom is 0.189 e. The molecule has 0 fully saturated rings. The highest BCUT2D eigenvalue weighted by Gasteiger charge is 2.10. The fourth-order valence-corrected chi connectivity index (χ4v) is 1.87. The summed E-state index contributed by atoms with van der Waals surface area (Å²) in [7, 11) is 0. The lowest BCUT2D eigenvalue weighted by molar-refractivity contribution is 0.318. The number of rotatable bonds is 5. The van der Waals surface area contributed by atoms with Crippen molar-refractivity contribution >= 4 is 5.84 Å². The smallest absolute Gasteiger partial charge is 0.189 e. The van der Waals surface area contributed by atoms with Crippen LogP contribution < -0.4 is 11.1 Å². The standard InChI is InChI=1S/C14H17N5O/c1-10(11-4-2-6-16-8-11)18-9-12-5-3-7-17-13(12)14(15)19-20/h2-8,10,18,20H,9H2,1H3,(H2,15,19)/t10-/m0/s1. The number of oxime groups is 1. The van der Waals surface area contributed by atoms with Crippen molar-refractivity contribution in [2.24, 2.45) is 10.9 Å². The van der Waals surface area contributed by atoms with Gasteiger partial charge in [0, 0.05) is 31.2 Å². The van der Waals surface area contributed by atoms with Crippen molar-refractivity contribution in [3.8, 4) is 0 Å². The molecule has 2 aromatic heterocycles. The molecule has 2 heterocycles. The van der Waals surface area contributed by atoms with Gasteiger partial charge in [-0.25, -0.2) is 0 Å². The van der Waals surface area contributed by atoms with Crippen LogP contribution in [0.4, 0.5) is 0 Å². The van der Waals surface area contributed by atoms with Crippen molar-refractivity contribution in [3.63, 3.8) is 0 Å². The quantitative estimate of drug-likeness (QED) is 0.331. The molecule has 0 amide bonds. The molecule has 2 rings (SSSR count). The average Bonchev–Trinajstić information content (AvgIpc) is 2.53. The van der Waals surface area contributed by atoms with Gasteiger partial charge in [-0.05, 0) is 30.2 Å². The molecule has 0 saturated heterocycles. The van der Waals surface area contributed by atoms with Gasteiger partial charge in [-0.15, -0.1) is 0 Å². The first-order valence-corrected chi connectivity index (χ1v) is 6.27. The van der Waals surface area contributed by atoms with E-state index in [0.29, 0.717) is 12.2 Å². The Kier molecular flexibility index (Phi) is 4.62. The Balaban J connectivity index is 2.08. The van der Waals surface area contributed by atoms with Crippen LogP contribution in [0.1, 0.15) is 29.8 Å². The highest BCUT2D eigenvalue weighted by atomic mass is 16.4. The third kappa shape index (κ3) is 3.30. The number of hydrogen-bond acceptors (Lipinski definition) is 5. The second-order valence-corrected chi connectivity index (χ2v) is 4.39. The number of amidine groups is 1. The van der Waals surface area contributed by atoms with Crippen molar-refractivity contribution in [2.45, 2.75) is 19.5 Å². The Morgan fingerprint density at radius 2 is 2.20 bits per heavy atom. The molecule has 6 heteroatoms. The van der Waals surface area contributed by atoms with Gasteiger partial charge in [0.2, 0.25) is 0 Å². The molecule has 0 spiro atoms. The molecular weight excluding hydrogens is 254 g/mol. The van der Waals surface area contributed by atoms with Crippen molar-refractivity contribution in [2.75, 3.05) is 0 Å². The van der Waals surface area contributed by atoms with E-state index in [1.54, 1.807) is 12.4 Å². The molecule has 1 atom stereocenters. The molecule has 0 aliphatic carbocycles. The third-order valence-electron chi connectivity index (χ3n) is 3.02. The predicted octanol–water partition coefficient (Wildman–Crippen LogP) is 1.42. The van der Waals surface area contributed by atoms with Crippen LogP contribution in [0.15, 0.2) is 48.0 Å². The van der Waals surface area contributed by atoms with Crippen LogP contribution in [0, 0.1) is 0 Å². The Morgan fingerprint density at radius 3 is 2.90 bits per heavy atom. The number of aromatic nitrogens is 2. The summed E-state index contributed by atoms with van der Waals surface area (Å²) >= 11 is 0. The van der Waals surface area contributed by atoms with E-state index < -0.39 is 0 Å². The third-order valence-corrected chi connectivity index (χ3v) is 3.02. The van der Waals surface area contributed by atoms with E-state index in [1.165, 1.54) is 0 Å². The molecular formula is C14H17N5O. The van der Waals surface area contributed by atoms with Crippen molar-refractivity contribution in [3.05, 3.63) is 59.7 Å². The first-order valence-electron chi connectivity index (χ1n) is 6.27. The molecule has 0 unspecified atom stereocenters. The molecule has 104 valence electrons. The Labute approximate surface area is 117 Å². The van der Waals surface area contributed by atoms with E-state index in [-0.39, 0.29) is 11.9 Å². The molecule has 0 bridgehead atoms. The average molecular weight is 271 g/mol. The highest BCUT2D eigenvalue weighted by Crippen LogP contribution is 2.12. The van der Waals surface area contributed by atoms with E-state index in [1.807, 2.05) is 30.5 Å². The highest BCUT2D eigenvalue weighted by molar-refractivity contribution is 5.96. The van der Waals surface area contributed by atoms with E-state index in [2.05, 4.69) is 27.4 Å². The zero-order chi connectivity index (χ0) is 14.4. The predicted molar refractivity (Wildman–Crippen MR) is 76.2 cm³/mol. The zero-order valence-corrected chi connectivity index (χ0v) is 11.2. The summed E-state index contributed by atoms with van der Waals surface area (Å²) in [4.78, 5) is 8.23. The van der Waals surface area contributed by atoms with Crippen LogP contribution in [0.25, 0.3) is 0 Å². The lowest BCUT2D eigenvalue weighted by Crippen LogP contribution is -2.23. The fourth-order valence-electron chi connectivity index (χ4n) is 1.87. The van der Waals surface area contributed by atoms with Crippen molar-refractivity contribution in [1.29, 1.82) is 0 Å². The summed E-state index contributed by atoms with van der Waals surface area (Å²) in [5.41, 5.74) is 8.07. The molecule has 0 saturated carbocycles. The molecule has 0 aliphatic heterocycles. The largest absolute Gasteiger partial charge is 0.409 e. The molecule has 6 nitrogen and oxygen atoms in total. The summed E-state index contributed by atoms with van der Waals surface area (Å²) in [6.45, 7) is 2.62. The van der Waals surface area contributed by atoms with E-state index in [4.69, 9.17) is 10.9 Å². The summed E-state index contributed by atoms with van der Waals surface area (Å²) in [5.74, 6) is 0.0106. The van der Waals surface area contributed by atoms with Gasteiger partial charge in [0.15, 0.2) is 5.84 Å². The number of hydrogen-bond donors (Lipinski definition) is 3. The zero-order valence-electron chi connectivity index (χ0n) is 11.2. The van der Waals surface area contributed by atoms with Crippen LogP contribution in [0.5, 0.6) is 0 Å². The Hall–Kier alpha value is -2.47. The maximum atomic E-state index is 8.76. The second kappa shape index (κ2) is 6.63. The molecule has 4 N–H and O–H groups in total. The monoisotopic (exact) mass is 271 g/mol. The molecule has 2 aromatic rings. The van der Waals surface area contributed by atoms with Crippen LogP contribution >= 0.6 is 0 Å². The van der Waals surface area contributed by atoms with Gasteiger partial charge in [0.25, 0.3) is 0 Å². The number of nitrogens with zero attached hydrogens (tertiary/aromatic N) is 3. The van der Waals surface area contributed by atoms with Gasteiger partial charge in [0.05, 0.1) is 0 Å². The van der Waals surface area contributed by atoms with E-state index in [9.17, 15) is 0 Å². The summed E-state index contributed by atoms with van der Waals surface area (Å²) in [6.07, 6.45) is 5.18. The Morgan fingerprint density at radius 1 is 1.40 bits per heavy atom. The number of pyridine rings is 2. The first kappa shape index (κ1) is 14.0. The minimum absolute atomic E-state index is 0.0106. The van der Waals surface area contributed by atoms with Crippen molar-refractivity contribution in [1.82, 2.24) is 15.3 Å². The van der Waals surface area contributed by atoms with Crippen LogP contribution in [0.3, 0.4) is 0 Å². The molecule has 0 aromatic carbocycles. The van der Waals surface area contributed by atoms with Gasteiger partial charge in [-0.3, -0.25) is 9.97 Å². The Bertz CT molecular complexity index is 585. The number of nitrogens with one attached hydrogen (secondary N) is 1. The fraction of sp³-hybridized carbons (Fsp3) is 0.214. The minimum Gasteiger partial charge on any atom is -0.409 e. The molecule has 0 aliphatic rings. The minimum atomic E-state index is 0.0106. The second-order valence-electron chi connectivity index (χ2n) is 4.39. The van der Waals surface area contributed by atoms with Crippen LogP contribution in [-0.4, -0.2) is 21.0 Å². The number of nitrogens with two attached hydrogens (primary N) is 1. The van der Waals surface area contributed by atoms with Gasteiger partial charge in [-0.1, -0.05) is 17.3 Å².